The van der Waals surface area contributed by atoms with E-state index in [0.29, 0.717) is 13.2 Å². The fourth-order valence-electron chi connectivity index (χ4n) is 2.60. The van der Waals surface area contributed by atoms with E-state index in [2.05, 4.69) is 27.4 Å². The number of fused-ring (bicyclic) bond motifs is 3. The predicted octanol–water partition coefficient (Wildman–Crippen LogP) is 2.01. The fourth-order valence-corrected chi connectivity index (χ4v) is 2.60. The third-order valence-electron chi connectivity index (χ3n) is 3.79. The normalized spacial score (nSPS) is 13.6. The van der Waals surface area contributed by atoms with Crippen LogP contribution in [0.2, 0.25) is 0 Å². The number of benzene rings is 1. The molecule has 0 saturated heterocycles. The van der Waals surface area contributed by atoms with Crippen LogP contribution >= 0.6 is 0 Å². The van der Waals surface area contributed by atoms with Crippen LogP contribution in [0.1, 0.15) is 17.1 Å². The van der Waals surface area contributed by atoms with Crippen LogP contribution in [0.25, 0.3) is 17.2 Å². The van der Waals surface area contributed by atoms with Gasteiger partial charge in [-0.3, -0.25) is 9.25 Å². The Kier molecular flexibility index (Phi) is 2.65. The van der Waals surface area contributed by atoms with E-state index in [1.807, 2.05) is 41.4 Å². The average molecular weight is 281 g/mol. The van der Waals surface area contributed by atoms with Gasteiger partial charge in [0.2, 0.25) is 0 Å². The van der Waals surface area contributed by atoms with Crippen LogP contribution in [0.3, 0.4) is 0 Å². The van der Waals surface area contributed by atoms with Crippen molar-refractivity contribution in [1.82, 2.24) is 24.5 Å². The van der Waals surface area contributed by atoms with Crippen LogP contribution in [-0.4, -0.2) is 24.5 Å². The van der Waals surface area contributed by atoms with Crippen molar-refractivity contribution in [2.75, 3.05) is 0 Å². The molecule has 1 aliphatic heterocycles. The molecule has 0 aliphatic carbocycles. The number of hydrogen-bond donors (Lipinski definition) is 0. The molecule has 0 radical (unpaired) electrons. The Labute approximate surface area is 122 Å². The third kappa shape index (κ3) is 1.87. The summed E-state index contributed by atoms with van der Waals surface area (Å²) in [7, 11) is 1.93. The van der Waals surface area contributed by atoms with Gasteiger partial charge in [0.25, 0.3) is 0 Å². The SMILES string of the molecule is Cc1cc(-c2nnc3n2-c2ccccc2COC3)nn1C. The molecule has 0 saturated carbocycles. The molecule has 21 heavy (non-hydrogen) atoms. The minimum absolute atomic E-state index is 0.452. The summed E-state index contributed by atoms with van der Waals surface area (Å²) < 4.78 is 9.57. The van der Waals surface area contributed by atoms with Crippen molar-refractivity contribution in [1.29, 1.82) is 0 Å². The molecule has 0 atom stereocenters. The molecule has 4 rings (SSSR count). The summed E-state index contributed by atoms with van der Waals surface area (Å²) >= 11 is 0. The molecule has 6 nitrogen and oxygen atoms in total. The first kappa shape index (κ1) is 12.3. The molecular weight excluding hydrogens is 266 g/mol. The van der Waals surface area contributed by atoms with E-state index in [-0.39, 0.29) is 0 Å². The molecule has 106 valence electrons. The highest BCUT2D eigenvalue weighted by atomic mass is 16.5. The smallest absolute Gasteiger partial charge is 0.189 e. The zero-order chi connectivity index (χ0) is 14.4. The first-order valence-corrected chi connectivity index (χ1v) is 6.85. The van der Waals surface area contributed by atoms with Crippen molar-refractivity contribution in [3.05, 3.63) is 47.4 Å². The molecule has 0 N–H and O–H groups in total. The topological polar surface area (TPSA) is 57.8 Å². The Hall–Kier alpha value is -2.47. The molecular formula is C15H15N5O. The summed E-state index contributed by atoms with van der Waals surface area (Å²) in [5.41, 5.74) is 4.10. The van der Waals surface area contributed by atoms with E-state index < -0.39 is 0 Å². The molecule has 0 unspecified atom stereocenters. The lowest BCUT2D eigenvalue weighted by Gasteiger charge is -2.09. The zero-order valence-corrected chi connectivity index (χ0v) is 11.9. The van der Waals surface area contributed by atoms with Gasteiger partial charge >= 0.3 is 0 Å². The minimum atomic E-state index is 0.452. The second-order valence-electron chi connectivity index (χ2n) is 5.19. The molecule has 3 aromatic rings. The highest BCUT2D eigenvalue weighted by molar-refractivity contribution is 5.56. The second kappa shape index (κ2) is 4.53. The zero-order valence-electron chi connectivity index (χ0n) is 11.9. The van der Waals surface area contributed by atoms with Gasteiger partial charge in [-0.2, -0.15) is 5.10 Å². The van der Waals surface area contributed by atoms with Crippen LogP contribution in [0.4, 0.5) is 0 Å². The number of para-hydroxylation sites is 1. The lowest BCUT2D eigenvalue weighted by molar-refractivity contribution is 0.105. The van der Waals surface area contributed by atoms with Crippen molar-refractivity contribution in [3.8, 4) is 17.2 Å². The van der Waals surface area contributed by atoms with Gasteiger partial charge < -0.3 is 4.74 Å². The third-order valence-corrected chi connectivity index (χ3v) is 3.79. The monoisotopic (exact) mass is 281 g/mol. The maximum absolute atomic E-state index is 5.68. The fraction of sp³-hybridized carbons (Fsp3) is 0.267. The summed E-state index contributed by atoms with van der Waals surface area (Å²) in [4.78, 5) is 0. The first-order chi connectivity index (χ1) is 10.2. The van der Waals surface area contributed by atoms with Crippen molar-refractivity contribution < 1.29 is 4.74 Å². The van der Waals surface area contributed by atoms with Gasteiger partial charge in [-0.05, 0) is 19.1 Å². The van der Waals surface area contributed by atoms with Gasteiger partial charge in [-0.25, -0.2) is 0 Å². The lowest BCUT2D eigenvalue weighted by Crippen LogP contribution is -2.03. The maximum Gasteiger partial charge on any atom is 0.189 e. The molecule has 1 aromatic carbocycles. The summed E-state index contributed by atoms with van der Waals surface area (Å²) in [6.45, 7) is 3.06. The van der Waals surface area contributed by atoms with E-state index in [1.54, 1.807) is 0 Å². The first-order valence-electron chi connectivity index (χ1n) is 6.85. The van der Waals surface area contributed by atoms with E-state index in [0.717, 1.165) is 34.3 Å². The highest BCUT2D eigenvalue weighted by Gasteiger charge is 2.22. The number of aryl methyl sites for hydroxylation is 2. The summed E-state index contributed by atoms with van der Waals surface area (Å²) in [6.07, 6.45) is 0. The van der Waals surface area contributed by atoms with Crippen LogP contribution in [0.15, 0.2) is 30.3 Å². The van der Waals surface area contributed by atoms with Crippen molar-refractivity contribution in [2.45, 2.75) is 20.1 Å². The maximum atomic E-state index is 5.68. The summed E-state index contributed by atoms with van der Waals surface area (Å²) in [5, 5.41) is 13.1. The van der Waals surface area contributed by atoms with Crippen molar-refractivity contribution in [3.63, 3.8) is 0 Å². The van der Waals surface area contributed by atoms with Crippen LogP contribution in [0, 0.1) is 6.92 Å². The Morgan fingerprint density at radius 3 is 2.81 bits per heavy atom. The molecule has 0 bridgehead atoms. The molecule has 0 fully saturated rings. The Morgan fingerprint density at radius 1 is 1.14 bits per heavy atom. The van der Waals surface area contributed by atoms with Gasteiger partial charge in [0.1, 0.15) is 12.3 Å². The van der Waals surface area contributed by atoms with E-state index in [4.69, 9.17) is 4.74 Å². The van der Waals surface area contributed by atoms with Crippen LogP contribution in [0.5, 0.6) is 0 Å². The standard InChI is InChI=1S/C15H15N5O/c1-10-7-12(18-19(10)2)15-17-16-14-9-21-8-11-5-3-4-6-13(11)20(14)15/h3-7H,8-9H2,1-2H3. The molecule has 0 amide bonds. The number of rotatable bonds is 1. The molecule has 1 aliphatic rings. The molecule has 3 heterocycles. The summed E-state index contributed by atoms with van der Waals surface area (Å²) in [5.74, 6) is 1.56. The largest absolute Gasteiger partial charge is 0.369 e. The van der Waals surface area contributed by atoms with Gasteiger partial charge in [0.15, 0.2) is 11.6 Å². The number of hydrogen-bond acceptors (Lipinski definition) is 4. The van der Waals surface area contributed by atoms with E-state index in [9.17, 15) is 0 Å². The van der Waals surface area contributed by atoms with Gasteiger partial charge in [0.05, 0.1) is 12.3 Å². The van der Waals surface area contributed by atoms with Crippen molar-refractivity contribution in [2.24, 2.45) is 7.05 Å². The Bertz CT molecular complexity index is 798. The van der Waals surface area contributed by atoms with Crippen LogP contribution in [-0.2, 0) is 25.0 Å². The van der Waals surface area contributed by atoms with Gasteiger partial charge in [-0.1, -0.05) is 18.2 Å². The van der Waals surface area contributed by atoms with E-state index in [1.165, 1.54) is 0 Å². The molecule has 0 spiro atoms. The van der Waals surface area contributed by atoms with Gasteiger partial charge in [-0.15, -0.1) is 10.2 Å². The summed E-state index contributed by atoms with van der Waals surface area (Å²) in [6, 6.07) is 10.2. The molecule has 2 aromatic heterocycles. The Morgan fingerprint density at radius 2 is 2.00 bits per heavy atom. The predicted molar refractivity (Wildman–Crippen MR) is 76.8 cm³/mol. The van der Waals surface area contributed by atoms with E-state index >= 15 is 0 Å². The quantitative estimate of drug-likeness (QED) is 0.684. The highest BCUT2D eigenvalue weighted by Crippen LogP contribution is 2.27. The lowest BCUT2D eigenvalue weighted by atomic mass is 10.2. The second-order valence-corrected chi connectivity index (χ2v) is 5.19. The number of nitrogens with zero attached hydrogens (tertiary/aromatic N) is 5. The minimum Gasteiger partial charge on any atom is -0.369 e. The number of aromatic nitrogens is 5. The molecule has 6 heteroatoms. The number of ether oxygens (including phenoxy) is 1. The Balaban J connectivity index is 1.97. The van der Waals surface area contributed by atoms with Crippen molar-refractivity contribution >= 4 is 0 Å². The average Bonchev–Trinajstić information content (AvgIpc) is 2.98. The van der Waals surface area contributed by atoms with Crippen LogP contribution < -0.4 is 0 Å². The van der Waals surface area contributed by atoms with Gasteiger partial charge in [0, 0.05) is 18.3 Å².